The molecule has 0 radical (unpaired) electrons. The zero-order chi connectivity index (χ0) is 36.0. The second kappa shape index (κ2) is 13.6. The number of alkyl carbamates (subject to hydrolysis) is 1. The molecule has 2 fully saturated rings. The Hall–Kier alpha value is -4.10. The van der Waals surface area contributed by atoms with Gasteiger partial charge in [0.15, 0.2) is 0 Å². The van der Waals surface area contributed by atoms with E-state index in [-0.39, 0.29) is 30.5 Å². The molecule has 2 atom stereocenters. The van der Waals surface area contributed by atoms with Crippen LogP contribution >= 0.6 is 0 Å². The van der Waals surface area contributed by atoms with Gasteiger partial charge >= 0.3 is 22.3 Å². The number of hydrogen-bond acceptors (Lipinski definition) is 7. The van der Waals surface area contributed by atoms with Crippen molar-refractivity contribution in [1.29, 1.82) is 0 Å². The minimum Gasteiger partial charge on any atom is -0.497 e. The van der Waals surface area contributed by atoms with Crippen molar-refractivity contribution < 1.29 is 37.4 Å². The molecule has 12 nitrogen and oxygen atoms in total. The molecule has 6 rings (SSSR count). The van der Waals surface area contributed by atoms with Crippen LogP contribution in [-0.2, 0) is 26.3 Å². The predicted molar refractivity (Wildman–Crippen MR) is 190 cm³/mol. The highest BCUT2D eigenvalue weighted by Gasteiger charge is 2.63. The van der Waals surface area contributed by atoms with Crippen LogP contribution in [0.25, 0.3) is 22.2 Å². The number of nitrogens with zero attached hydrogens (tertiary/aromatic N) is 2. The first-order valence-corrected chi connectivity index (χ1v) is 18.9. The van der Waals surface area contributed by atoms with Gasteiger partial charge in [-0.25, -0.2) is 9.52 Å². The summed E-state index contributed by atoms with van der Waals surface area (Å²) in [4.78, 5) is 38.3. The third-order valence-electron chi connectivity index (χ3n) is 10.4. The lowest BCUT2D eigenvalue weighted by Crippen LogP contribution is -2.42. The lowest BCUT2D eigenvalue weighted by atomic mass is 9.81. The normalized spacial score (nSPS) is 20.3. The highest BCUT2D eigenvalue weighted by atomic mass is 32.2. The highest BCUT2D eigenvalue weighted by molar-refractivity contribution is 7.87. The summed E-state index contributed by atoms with van der Waals surface area (Å²) in [7, 11) is -1.16. The molecule has 1 aliphatic heterocycles. The lowest BCUT2D eigenvalue weighted by Gasteiger charge is -2.24. The molecule has 270 valence electrons. The van der Waals surface area contributed by atoms with Crippen LogP contribution in [0.5, 0.6) is 5.75 Å². The molecule has 0 saturated heterocycles. The number of carbonyl (C=O) groups is 3. The fourth-order valence-corrected chi connectivity index (χ4v) is 8.64. The maximum Gasteiger partial charge on any atom is 0.407 e. The average Bonchev–Trinajstić information content (AvgIpc) is 3.74. The third kappa shape index (κ3) is 6.94. The number of carboxylic acids is 1. The zero-order valence-corrected chi connectivity index (χ0v) is 30.3. The monoisotopic (exact) mass is 708 g/mol. The molecule has 2 aliphatic carbocycles. The highest BCUT2D eigenvalue weighted by Crippen LogP contribution is 2.65. The molecular weight excluding hydrogens is 660 g/mol. The molecule has 3 aromatic rings. The molecule has 13 heteroatoms. The molecule has 0 spiro atoms. The maximum atomic E-state index is 13.5. The molecular formula is C37H48N4O8S. The second-order valence-corrected chi connectivity index (χ2v) is 16.8. The van der Waals surface area contributed by atoms with Gasteiger partial charge in [0.05, 0.1) is 18.2 Å². The van der Waals surface area contributed by atoms with Gasteiger partial charge in [0.2, 0.25) is 0 Å². The molecule has 1 aromatic heterocycles. The number of aliphatic carboxylic acids is 1. The van der Waals surface area contributed by atoms with Crippen LogP contribution in [0, 0.1) is 5.41 Å². The van der Waals surface area contributed by atoms with Gasteiger partial charge in [0.1, 0.15) is 11.4 Å². The summed E-state index contributed by atoms with van der Waals surface area (Å²) >= 11 is 0. The number of rotatable bonds is 11. The van der Waals surface area contributed by atoms with Crippen LogP contribution in [0.4, 0.5) is 4.79 Å². The largest absolute Gasteiger partial charge is 0.497 e. The summed E-state index contributed by atoms with van der Waals surface area (Å²) < 4.78 is 42.5. The molecule has 50 heavy (non-hydrogen) atoms. The number of ether oxygens (including phenoxy) is 2. The van der Waals surface area contributed by atoms with Gasteiger partial charge in [-0.05, 0) is 100 Å². The minimum atomic E-state index is -4.17. The molecule has 2 amide bonds. The number of carbonyl (C=O) groups excluding carboxylic acids is 2. The van der Waals surface area contributed by atoms with Crippen molar-refractivity contribution in [3.63, 3.8) is 0 Å². The van der Waals surface area contributed by atoms with Crippen LogP contribution < -0.4 is 14.8 Å². The topological polar surface area (TPSA) is 156 Å². The summed E-state index contributed by atoms with van der Waals surface area (Å²) in [6.07, 6.45) is 6.38. The first-order chi connectivity index (χ1) is 23.6. The number of nitrogens with one attached hydrogen (secondary N) is 2. The molecule has 0 bridgehead atoms. The molecule has 2 aromatic carbocycles. The minimum absolute atomic E-state index is 0.136. The average molecular weight is 709 g/mol. The van der Waals surface area contributed by atoms with E-state index in [4.69, 9.17) is 9.47 Å². The summed E-state index contributed by atoms with van der Waals surface area (Å²) in [5.41, 5.74) is 3.42. The van der Waals surface area contributed by atoms with Gasteiger partial charge in [-0.1, -0.05) is 25.3 Å². The van der Waals surface area contributed by atoms with Crippen molar-refractivity contribution >= 4 is 39.1 Å². The summed E-state index contributed by atoms with van der Waals surface area (Å²) in [5, 5.41) is 14.2. The Kier molecular flexibility index (Phi) is 9.68. The zero-order valence-electron chi connectivity index (χ0n) is 29.5. The fraction of sp³-hybridized carbons (Fsp3) is 0.541. The second-order valence-electron chi connectivity index (χ2n) is 15.0. The van der Waals surface area contributed by atoms with Crippen LogP contribution in [0.15, 0.2) is 36.4 Å². The summed E-state index contributed by atoms with van der Waals surface area (Å²) in [6.45, 7) is 6.02. The Morgan fingerprint density at radius 2 is 1.80 bits per heavy atom. The number of unbranched alkanes of at least 4 members (excludes halogenated alkanes) is 1. The van der Waals surface area contributed by atoms with E-state index in [2.05, 4.69) is 14.6 Å². The number of carboxylic acid groups (broad SMARTS) is 1. The van der Waals surface area contributed by atoms with Crippen molar-refractivity contribution in [3.05, 3.63) is 53.1 Å². The van der Waals surface area contributed by atoms with Crippen LogP contribution in [0.1, 0.15) is 105 Å². The van der Waals surface area contributed by atoms with E-state index in [1.165, 1.54) is 19.0 Å². The molecule has 3 aliphatic rings. The van der Waals surface area contributed by atoms with E-state index in [0.29, 0.717) is 31.6 Å². The van der Waals surface area contributed by atoms with Crippen LogP contribution in [-0.4, -0.2) is 73.2 Å². The van der Waals surface area contributed by atoms with Crippen molar-refractivity contribution in [2.75, 3.05) is 27.2 Å². The number of methoxy groups -OCH3 is 1. The van der Waals surface area contributed by atoms with E-state index in [1.54, 1.807) is 40.0 Å². The van der Waals surface area contributed by atoms with E-state index < -0.39 is 39.2 Å². The number of amides is 2. The smallest absolute Gasteiger partial charge is 0.407 e. The summed E-state index contributed by atoms with van der Waals surface area (Å²) in [6, 6.07) is 11.2. The number of benzene rings is 2. The first-order valence-electron chi connectivity index (χ1n) is 17.5. The SMILES string of the molecule is COc1ccc2c(c1)C1CC1(C(=O)O)Cn1c-2c(C2CCCCC2)c2ccc(C(=O)NS(=O)(=O)N(C)CCCCNC(=O)OC(C)(C)C)cc21. The lowest BCUT2D eigenvalue weighted by molar-refractivity contribution is -0.144. The van der Waals surface area contributed by atoms with Crippen LogP contribution in [0.2, 0.25) is 0 Å². The van der Waals surface area contributed by atoms with Crippen molar-refractivity contribution in [1.82, 2.24) is 18.9 Å². The third-order valence-corrected chi connectivity index (χ3v) is 11.9. The Morgan fingerprint density at radius 3 is 2.48 bits per heavy atom. The van der Waals surface area contributed by atoms with Gasteiger partial charge in [-0.2, -0.15) is 12.7 Å². The molecule has 2 heterocycles. The standard InChI is InChI=1S/C37H48N4O8S/c1-36(2,3)49-35(45)38-17-9-10-18-40(4)50(46,47)39-33(42)24-13-15-27-30(19-24)41-22-37(34(43)44)21-29(37)28-20-25(48-5)14-16-26(28)32(41)31(27)23-11-7-6-8-12-23/h13-16,19-20,23,29H,6-12,17-18,21-22H2,1-5H3,(H,38,45)(H,39,42)(H,43,44). The Bertz CT molecular complexity index is 1920. The Balaban J connectivity index is 1.28. The van der Waals surface area contributed by atoms with E-state index in [9.17, 15) is 27.9 Å². The summed E-state index contributed by atoms with van der Waals surface area (Å²) in [5.74, 6) is -0.827. The van der Waals surface area contributed by atoms with E-state index in [1.807, 2.05) is 24.3 Å². The van der Waals surface area contributed by atoms with Gasteiger partial charge in [-0.15, -0.1) is 0 Å². The number of aromatic nitrogens is 1. The molecule has 2 unspecified atom stereocenters. The van der Waals surface area contributed by atoms with Crippen LogP contribution in [0.3, 0.4) is 0 Å². The van der Waals surface area contributed by atoms with Gasteiger partial charge in [-0.3, -0.25) is 9.59 Å². The number of fused-ring (bicyclic) bond motifs is 7. The maximum absolute atomic E-state index is 13.5. The Labute approximate surface area is 293 Å². The quantitative estimate of drug-likeness (QED) is 0.201. The van der Waals surface area contributed by atoms with Crippen molar-refractivity contribution in [3.8, 4) is 17.0 Å². The van der Waals surface area contributed by atoms with Gasteiger partial charge in [0, 0.05) is 54.6 Å². The van der Waals surface area contributed by atoms with Crippen molar-refractivity contribution in [2.24, 2.45) is 5.41 Å². The van der Waals surface area contributed by atoms with Crippen molar-refractivity contribution in [2.45, 2.75) is 96.1 Å². The Morgan fingerprint density at radius 1 is 1.06 bits per heavy atom. The van der Waals surface area contributed by atoms with E-state index in [0.717, 1.165) is 57.7 Å². The first kappa shape index (κ1) is 35.7. The van der Waals surface area contributed by atoms with Gasteiger partial charge < -0.3 is 24.5 Å². The van der Waals surface area contributed by atoms with Gasteiger partial charge in [0.25, 0.3) is 5.91 Å². The predicted octanol–water partition coefficient (Wildman–Crippen LogP) is 6.15. The number of hydrogen-bond donors (Lipinski definition) is 3. The molecule has 3 N–H and O–H groups in total. The van der Waals surface area contributed by atoms with E-state index >= 15 is 0 Å². The molecule has 2 saturated carbocycles. The fourth-order valence-electron chi connectivity index (χ4n) is 7.76.